The van der Waals surface area contributed by atoms with Crippen molar-refractivity contribution in [1.82, 2.24) is 5.32 Å². The molecule has 8 unspecified atom stereocenters. The predicted octanol–water partition coefficient (Wildman–Crippen LogP) is 17.4. The van der Waals surface area contributed by atoms with Crippen LogP contribution in [0, 0.1) is 0 Å². The second-order valence-electron chi connectivity index (χ2n) is 24.3. The van der Waals surface area contributed by atoms with Crippen LogP contribution in [0.25, 0.3) is 0 Å². The maximum atomic E-state index is 13.5. The molecule has 1 fully saturated rings. The Morgan fingerprint density at radius 1 is 0.481 bits per heavy atom. The lowest BCUT2D eigenvalue weighted by Gasteiger charge is -2.41. The summed E-state index contributed by atoms with van der Waals surface area (Å²) >= 11 is 0. The van der Waals surface area contributed by atoms with E-state index in [1.807, 2.05) is 6.08 Å². The van der Waals surface area contributed by atoms with Gasteiger partial charge in [0.15, 0.2) is 12.4 Å². The number of hydrogen-bond acceptors (Lipinski definition) is 10. The highest BCUT2D eigenvalue weighted by Crippen LogP contribution is 2.26. The van der Waals surface area contributed by atoms with E-state index in [1.165, 1.54) is 218 Å². The number of carbonyl (C=O) groups excluding carboxylic acids is 2. The fourth-order valence-electron chi connectivity index (χ4n) is 11.0. The first-order chi connectivity index (χ1) is 39.7. The van der Waals surface area contributed by atoms with Crippen LogP contribution in [0.1, 0.15) is 335 Å². The van der Waals surface area contributed by atoms with Crippen LogP contribution in [-0.4, -0.2) is 99.6 Å². The van der Waals surface area contributed by atoms with E-state index in [4.69, 9.17) is 14.2 Å². The molecular formula is C70H131NO10. The van der Waals surface area contributed by atoms with E-state index >= 15 is 0 Å². The van der Waals surface area contributed by atoms with E-state index in [0.717, 1.165) is 70.6 Å². The summed E-state index contributed by atoms with van der Waals surface area (Å²) in [6.07, 6.45) is 60.5. The first-order valence-corrected chi connectivity index (χ1v) is 34.8. The second-order valence-corrected chi connectivity index (χ2v) is 24.3. The van der Waals surface area contributed by atoms with Crippen LogP contribution in [0.3, 0.4) is 0 Å². The Bertz CT molecular complexity index is 1460. The largest absolute Gasteiger partial charge is 0.454 e. The molecule has 1 aliphatic rings. The third-order valence-electron chi connectivity index (χ3n) is 16.5. The molecule has 0 aliphatic carbocycles. The molecule has 8 atom stereocenters. The average molecular weight is 1150 g/mol. The minimum atomic E-state index is -1.61. The van der Waals surface area contributed by atoms with Crippen molar-refractivity contribution in [2.24, 2.45) is 0 Å². The third-order valence-corrected chi connectivity index (χ3v) is 16.5. The molecule has 81 heavy (non-hydrogen) atoms. The SMILES string of the molecule is CCCCC/C=C\C/C=C\CCCCCCCCCCCC(=O)OC1C(OCC(NC(=O)C(O)CCCCCCCCCCCCCCCCCCCCCCCC)C(O)/C=C/CCCCCCCCCCC)OC(CO)C(O)C1O. The zero-order valence-corrected chi connectivity index (χ0v) is 52.9. The molecule has 11 heteroatoms. The highest BCUT2D eigenvalue weighted by atomic mass is 16.7. The molecule has 11 nitrogen and oxygen atoms in total. The van der Waals surface area contributed by atoms with Crippen LogP contribution >= 0.6 is 0 Å². The summed E-state index contributed by atoms with van der Waals surface area (Å²) in [6.45, 7) is 5.80. The number of unbranched alkanes of at least 4 members (excludes halogenated alkanes) is 42. The van der Waals surface area contributed by atoms with Crippen molar-refractivity contribution in [3.8, 4) is 0 Å². The van der Waals surface area contributed by atoms with Crippen molar-refractivity contribution < 1.29 is 49.3 Å². The van der Waals surface area contributed by atoms with Gasteiger partial charge in [0.2, 0.25) is 5.91 Å². The van der Waals surface area contributed by atoms with Crippen LogP contribution in [-0.2, 0) is 23.8 Å². The van der Waals surface area contributed by atoms with Crippen molar-refractivity contribution in [2.75, 3.05) is 13.2 Å². The maximum absolute atomic E-state index is 13.5. The minimum absolute atomic E-state index is 0.121. The number of allylic oxidation sites excluding steroid dienone is 5. The van der Waals surface area contributed by atoms with E-state index in [0.29, 0.717) is 19.3 Å². The summed E-state index contributed by atoms with van der Waals surface area (Å²) in [5.41, 5.74) is 0. The number of rotatable bonds is 60. The molecule has 6 N–H and O–H groups in total. The van der Waals surface area contributed by atoms with E-state index in [9.17, 15) is 35.1 Å². The third kappa shape index (κ3) is 45.9. The molecule has 0 aromatic carbocycles. The molecular weight excluding hydrogens is 1010 g/mol. The summed E-state index contributed by atoms with van der Waals surface area (Å²) < 4.78 is 17.7. The fourth-order valence-corrected chi connectivity index (χ4v) is 11.0. The molecule has 0 radical (unpaired) electrons. The number of ether oxygens (including phenoxy) is 3. The molecule has 0 saturated carbocycles. The first kappa shape index (κ1) is 76.9. The van der Waals surface area contributed by atoms with Crippen molar-refractivity contribution >= 4 is 11.9 Å². The van der Waals surface area contributed by atoms with Crippen molar-refractivity contribution in [3.63, 3.8) is 0 Å². The number of hydrogen-bond donors (Lipinski definition) is 6. The Kier molecular flexibility index (Phi) is 55.3. The van der Waals surface area contributed by atoms with Crippen LogP contribution < -0.4 is 5.32 Å². The number of aliphatic hydroxyl groups is 5. The molecule has 1 heterocycles. The Morgan fingerprint density at radius 3 is 1.28 bits per heavy atom. The molecule has 1 rings (SSSR count). The summed E-state index contributed by atoms with van der Waals surface area (Å²) in [4.78, 5) is 26.6. The van der Waals surface area contributed by atoms with Crippen molar-refractivity contribution in [1.29, 1.82) is 0 Å². The standard InChI is InChI=1S/C70H131NO10/c1-4-7-10-13-16-19-22-24-26-28-30-31-32-34-35-37-39-42-45-48-51-54-57-63(74)69(78)71-61(62(73)56-53-50-47-44-41-21-18-15-12-9-6-3)60-79-70-68(67(77)66(76)64(59-72)80-70)81-65(75)58-55-52-49-46-43-40-38-36-33-29-27-25-23-20-17-14-11-8-5-2/h17,20,25,27,53,56,61-64,66-68,70,72-74,76-77H,4-16,18-19,21-24,26,28-52,54-55,57-60H2,1-3H3,(H,71,78)/b20-17-,27-25-,56-53+. The monoisotopic (exact) mass is 1150 g/mol. The van der Waals surface area contributed by atoms with Gasteiger partial charge < -0.3 is 45.1 Å². The van der Waals surface area contributed by atoms with E-state index in [-0.39, 0.29) is 13.0 Å². The van der Waals surface area contributed by atoms with Gasteiger partial charge >= 0.3 is 5.97 Å². The topological polar surface area (TPSA) is 175 Å². The van der Waals surface area contributed by atoms with Gasteiger partial charge in [-0.05, 0) is 57.8 Å². The number of nitrogens with one attached hydrogen (secondary N) is 1. The Morgan fingerprint density at radius 2 is 0.852 bits per heavy atom. The zero-order valence-electron chi connectivity index (χ0n) is 52.9. The van der Waals surface area contributed by atoms with E-state index in [1.54, 1.807) is 6.08 Å². The van der Waals surface area contributed by atoms with Gasteiger partial charge in [-0.2, -0.15) is 0 Å². The van der Waals surface area contributed by atoms with Gasteiger partial charge in [0.05, 0.1) is 25.4 Å². The smallest absolute Gasteiger partial charge is 0.306 e. The Balaban J connectivity index is 2.57. The Labute approximate surface area is 498 Å². The second kappa shape index (κ2) is 58.3. The van der Waals surface area contributed by atoms with Crippen LogP contribution in [0.15, 0.2) is 36.5 Å². The fraction of sp³-hybridized carbons (Fsp3) is 0.886. The lowest BCUT2D eigenvalue weighted by atomic mass is 9.99. The van der Waals surface area contributed by atoms with Gasteiger partial charge in [-0.1, -0.05) is 308 Å². The number of carbonyl (C=O) groups is 2. The number of esters is 1. The van der Waals surface area contributed by atoms with Crippen molar-refractivity contribution in [3.05, 3.63) is 36.5 Å². The highest BCUT2D eigenvalue weighted by molar-refractivity contribution is 5.80. The molecule has 476 valence electrons. The zero-order chi connectivity index (χ0) is 58.9. The first-order valence-electron chi connectivity index (χ1n) is 34.8. The number of aliphatic hydroxyl groups excluding tert-OH is 5. The minimum Gasteiger partial charge on any atom is -0.454 e. The number of amides is 1. The molecule has 0 aromatic rings. The Hall–Kier alpha value is -2.12. The summed E-state index contributed by atoms with van der Waals surface area (Å²) in [7, 11) is 0. The van der Waals surface area contributed by atoms with Gasteiger partial charge in [-0.25, -0.2) is 0 Å². The quantitative estimate of drug-likeness (QED) is 0.0195. The van der Waals surface area contributed by atoms with E-state index < -0.39 is 67.4 Å². The highest BCUT2D eigenvalue weighted by Gasteiger charge is 2.47. The van der Waals surface area contributed by atoms with Crippen LogP contribution in [0.2, 0.25) is 0 Å². The molecule has 0 aromatic heterocycles. The molecule has 0 bridgehead atoms. The van der Waals surface area contributed by atoms with Crippen LogP contribution in [0.5, 0.6) is 0 Å². The molecule has 1 amide bonds. The van der Waals surface area contributed by atoms with Gasteiger partial charge in [-0.15, -0.1) is 0 Å². The predicted molar refractivity (Wildman–Crippen MR) is 338 cm³/mol. The molecule has 1 saturated heterocycles. The lowest BCUT2D eigenvalue weighted by Crippen LogP contribution is -2.61. The summed E-state index contributed by atoms with van der Waals surface area (Å²) in [5, 5.41) is 57.1. The van der Waals surface area contributed by atoms with Gasteiger partial charge in [0, 0.05) is 6.42 Å². The lowest BCUT2D eigenvalue weighted by molar-refractivity contribution is -0.305. The van der Waals surface area contributed by atoms with Crippen LogP contribution in [0.4, 0.5) is 0 Å². The normalized spacial score (nSPS) is 18.8. The summed E-state index contributed by atoms with van der Waals surface area (Å²) in [6, 6.07) is -1.02. The van der Waals surface area contributed by atoms with E-state index in [2.05, 4.69) is 50.4 Å². The average Bonchev–Trinajstić information content (AvgIpc) is 3.50. The van der Waals surface area contributed by atoms with Gasteiger partial charge in [0.25, 0.3) is 0 Å². The van der Waals surface area contributed by atoms with Gasteiger partial charge in [0.1, 0.15) is 24.4 Å². The summed E-state index contributed by atoms with van der Waals surface area (Å²) in [5.74, 6) is -1.18. The maximum Gasteiger partial charge on any atom is 0.306 e. The van der Waals surface area contributed by atoms with Gasteiger partial charge in [-0.3, -0.25) is 9.59 Å². The van der Waals surface area contributed by atoms with Crippen molar-refractivity contribution in [2.45, 2.75) is 384 Å². The molecule has 1 aliphatic heterocycles. The molecule has 0 spiro atoms.